The highest BCUT2D eigenvalue weighted by Gasteiger charge is 2.40. The normalized spacial score (nSPS) is 16.6. The van der Waals surface area contributed by atoms with Gasteiger partial charge >= 0.3 is 0 Å². The van der Waals surface area contributed by atoms with E-state index in [4.69, 9.17) is 23.2 Å². The molecule has 1 saturated heterocycles. The number of nitrogens with zero attached hydrogens (tertiary/aromatic N) is 2. The molecule has 5 nitrogen and oxygen atoms in total. The van der Waals surface area contributed by atoms with Crippen LogP contribution in [0.5, 0.6) is 0 Å². The van der Waals surface area contributed by atoms with Gasteiger partial charge in [-0.1, -0.05) is 87.3 Å². The lowest BCUT2D eigenvalue weighted by atomic mass is 10.1. The van der Waals surface area contributed by atoms with Crippen molar-refractivity contribution in [2.45, 2.75) is 18.1 Å². The van der Waals surface area contributed by atoms with E-state index in [1.165, 1.54) is 16.7 Å². The van der Waals surface area contributed by atoms with Gasteiger partial charge in [0.25, 0.3) is 5.91 Å². The van der Waals surface area contributed by atoms with Crippen LogP contribution in [0.4, 0.5) is 5.69 Å². The summed E-state index contributed by atoms with van der Waals surface area (Å²) in [6, 6.07) is 24.2. The minimum absolute atomic E-state index is 0.0963. The third-order valence-corrected chi connectivity index (χ3v) is 8.07. The average molecular weight is 601 g/mol. The van der Waals surface area contributed by atoms with Gasteiger partial charge in [0.2, 0.25) is 5.91 Å². The van der Waals surface area contributed by atoms with Crippen LogP contribution in [0.15, 0.2) is 87.9 Å². The Morgan fingerprint density at radius 3 is 2.42 bits per heavy atom. The maximum Gasteiger partial charge on any atom is 0.264 e. The van der Waals surface area contributed by atoms with Crippen molar-refractivity contribution in [3.05, 3.63) is 109 Å². The number of anilines is 1. The molecule has 1 N–H and O–H groups in total. The zero-order chi connectivity index (χ0) is 25.7. The molecule has 2 amide bonds. The largest absolute Gasteiger partial charge is 0.351 e. The van der Waals surface area contributed by atoms with Crippen LogP contribution in [-0.4, -0.2) is 23.6 Å². The zero-order valence-electron chi connectivity index (χ0n) is 18.9. The third kappa shape index (κ3) is 6.13. The summed E-state index contributed by atoms with van der Waals surface area (Å²) in [6.07, 6.45) is 0.994. The third-order valence-electron chi connectivity index (χ3n) is 5.54. The number of thioether (sulfide) groups is 1. The number of carbonyl (C=O) groups is 2. The van der Waals surface area contributed by atoms with Crippen molar-refractivity contribution in [2.75, 3.05) is 11.4 Å². The van der Waals surface area contributed by atoms with Crippen LogP contribution in [0.1, 0.15) is 11.1 Å². The van der Waals surface area contributed by atoms with E-state index < -0.39 is 11.2 Å². The highest BCUT2D eigenvalue weighted by Crippen LogP contribution is 2.42. The van der Waals surface area contributed by atoms with Crippen LogP contribution < -0.4 is 10.2 Å². The van der Waals surface area contributed by atoms with Gasteiger partial charge in [-0.2, -0.15) is 5.26 Å². The second-order valence-corrected chi connectivity index (χ2v) is 10.9. The highest BCUT2D eigenvalue weighted by atomic mass is 79.9. The van der Waals surface area contributed by atoms with Gasteiger partial charge in [-0.05, 0) is 60.4 Å². The van der Waals surface area contributed by atoms with Crippen molar-refractivity contribution in [3.8, 4) is 6.07 Å². The minimum Gasteiger partial charge on any atom is -0.351 e. The Bertz CT molecular complexity index is 1360. The molecule has 1 fully saturated rings. The van der Waals surface area contributed by atoms with Crippen LogP contribution in [0.3, 0.4) is 0 Å². The Morgan fingerprint density at radius 2 is 1.75 bits per heavy atom. The summed E-state index contributed by atoms with van der Waals surface area (Å²) in [4.78, 5) is 28.1. The first kappa shape index (κ1) is 26.3. The molecule has 3 aromatic rings. The molecular formula is C27H20BrCl2N3O2S. The fourth-order valence-corrected chi connectivity index (χ4v) is 5.64. The molecule has 0 bridgehead atoms. The van der Waals surface area contributed by atoms with Crippen molar-refractivity contribution in [3.63, 3.8) is 0 Å². The number of carbonyl (C=O) groups excluding carboxylic acids is 2. The number of hydrogen-bond acceptors (Lipinski definition) is 4. The van der Waals surface area contributed by atoms with Gasteiger partial charge in [-0.25, -0.2) is 0 Å². The lowest BCUT2D eigenvalue weighted by molar-refractivity contribution is -0.117. The Labute approximate surface area is 232 Å². The molecule has 3 aromatic carbocycles. The highest BCUT2D eigenvalue weighted by molar-refractivity contribution is 9.10. The summed E-state index contributed by atoms with van der Waals surface area (Å²) in [5, 5.41) is 13.4. The molecule has 1 aliphatic heterocycles. The Morgan fingerprint density at radius 1 is 1.03 bits per heavy atom. The maximum absolute atomic E-state index is 13.6. The molecule has 0 aromatic heterocycles. The lowest BCUT2D eigenvalue weighted by Crippen LogP contribution is -2.32. The zero-order valence-corrected chi connectivity index (χ0v) is 22.8. The molecule has 0 spiro atoms. The summed E-state index contributed by atoms with van der Waals surface area (Å²) in [7, 11) is 0. The summed E-state index contributed by atoms with van der Waals surface area (Å²) in [5.74, 6) is -0.728. The van der Waals surface area contributed by atoms with E-state index in [-0.39, 0.29) is 11.5 Å². The van der Waals surface area contributed by atoms with E-state index in [1.54, 1.807) is 24.3 Å². The summed E-state index contributed by atoms with van der Waals surface area (Å²) in [6.45, 7) is 0.366. The van der Waals surface area contributed by atoms with Crippen molar-refractivity contribution >= 4 is 68.4 Å². The summed E-state index contributed by atoms with van der Waals surface area (Å²) in [5.41, 5.74) is 2.39. The molecule has 1 aliphatic rings. The van der Waals surface area contributed by atoms with Gasteiger partial charge in [0, 0.05) is 16.7 Å². The molecule has 1 heterocycles. The van der Waals surface area contributed by atoms with E-state index in [0.29, 0.717) is 40.1 Å². The van der Waals surface area contributed by atoms with E-state index in [9.17, 15) is 14.9 Å². The smallest absolute Gasteiger partial charge is 0.264 e. The van der Waals surface area contributed by atoms with Crippen LogP contribution >= 0.6 is 50.9 Å². The Hall–Kier alpha value is -2.76. The lowest BCUT2D eigenvalue weighted by Gasteiger charge is -2.19. The first-order valence-corrected chi connectivity index (χ1v) is 13.5. The number of benzene rings is 3. The number of amides is 2. The van der Waals surface area contributed by atoms with Gasteiger partial charge in [0.05, 0.1) is 15.3 Å². The molecule has 36 heavy (non-hydrogen) atoms. The molecule has 0 aliphatic carbocycles. The molecule has 0 radical (unpaired) electrons. The van der Waals surface area contributed by atoms with Gasteiger partial charge in [-0.3, -0.25) is 14.5 Å². The van der Waals surface area contributed by atoms with Crippen molar-refractivity contribution < 1.29 is 9.59 Å². The first-order chi connectivity index (χ1) is 17.4. The molecule has 1 atom stereocenters. The quantitative estimate of drug-likeness (QED) is 0.247. The fraction of sp³-hybridized carbons (Fsp3) is 0.148. The molecule has 0 unspecified atom stereocenters. The van der Waals surface area contributed by atoms with Gasteiger partial charge in [0.15, 0.2) is 0 Å². The molecule has 0 saturated carbocycles. The van der Waals surface area contributed by atoms with E-state index in [2.05, 4.69) is 21.2 Å². The van der Waals surface area contributed by atoms with E-state index in [1.807, 2.05) is 54.6 Å². The topological polar surface area (TPSA) is 73.2 Å². The van der Waals surface area contributed by atoms with Gasteiger partial charge in [0.1, 0.15) is 16.7 Å². The SMILES string of the molecule is N#C/C(C(=O)NCCc1ccccc1)=C1/S[C@H](Cc2ccc(Cl)c(Cl)c2)C(=O)N1c1ccc(Br)cc1. The fourth-order valence-electron chi connectivity index (χ4n) is 3.75. The van der Waals surface area contributed by atoms with Gasteiger partial charge < -0.3 is 5.32 Å². The van der Waals surface area contributed by atoms with Crippen LogP contribution in [0.2, 0.25) is 10.0 Å². The summed E-state index contributed by atoms with van der Waals surface area (Å²) < 4.78 is 0.850. The Balaban J connectivity index is 1.62. The van der Waals surface area contributed by atoms with Crippen LogP contribution in [-0.2, 0) is 22.4 Å². The van der Waals surface area contributed by atoms with Crippen molar-refractivity contribution in [2.24, 2.45) is 0 Å². The first-order valence-electron chi connectivity index (χ1n) is 11.0. The van der Waals surface area contributed by atoms with Crippen molar-refractivity contribution in [1.29, 1.82) is 5.26 Å². The van der Waals surface area contributed by atoms with E-state index >= 15 is 0 Å². The summed E-state index contributed by atoms with van der Waals surface area (Å²) >= 11 is 16.8. The number of nitrogens with one attached hydrogen (secondary N) is 1. The molecular weight excluding hydrogens is 581 g/mol. The predicted molar refractivity (Wildman–Crippen MR) is 149 cm³/mol. The minimum atomic E-state index is -0.540. The molecule has 9 heteroatoms. The van der Waals surface area contributed by atoms with Crippen LogP contribution in [0.25, 0.3) is 0 Å². The number of rotatable bonds is 7. The predicted octanol–water partition coefficient (Wildman–Crippen LogP) is 6.54. The van der Waals surface area contributed by atoms with Crippen molar-refractivity contribution in [1.82, 2.24) is 5.32 Å². The number of nitriles is 1. The van der Waals surface area contributed by atoms with Crippen LogP contribution in [0, 0.1) is 11.3 Å². The molecule has 182 valence electrons. The molecule has 4 rings (SSSR count). The second kappa shape index (κ2) is 12.0. The average Bonchev–Trinajstić information content (AvgIpc) is 3.18. The Kier molecular flexibility index (Phi) is 8.76. The number of hydrogen-bond donors (Lipinski definition) is 1. The standard InChI is InChI=1S/C27H20BrCl2N3O2S/c28-19-7-9-20(10-8-19)33-26(35)24(15-18-6-11-22(29)23(30)14-18)36-27(33)21(16-31)25(34)32-13-12-17-4-2-1-3-5-17/h1-11,14,24H,12-13,15H2,(H,32,34)/b27-21-/t24-/m1/s1. The van der Waals surface area contributed by atoms with E-state index in [0.717, 1.165) is 15.6 Å². The maximum atomic E-state index is 13.6. The monoisotopic (exact) mass is 599 g/mol. The number of halogens is 3. The second-order valence-electron chi connectivity index (χ2n) is 7.99. The van der Waals surface area contributed by atoms with Gasteiger partial charge in [-0.15, -0.1) is 0 Å².